The second-order valence-electron chi connectivity index (χ2n) is 4.23. The lowest BCUT2D eigenvalue weighted by atomic mass is 10.2. The van der Waals surface area contributed by atoms with E-state index in [-0.39, 0.29) is 18.7 Å². The second-order valence-corrected chi connectivity index (χ2v) is 4.23. The van der Waals surface area contributed by atoms with Gasteiger partial charge in [-0.1, -0.05) is 0 Å². The molecule has 1 rings (SSSR count). The number of rotatable bonds is 7. The molecule has 0 saturated carbocycles. The van der Waals surface area contributed by atoms with Crippen molar-refractivity contribution >= 4 is 17.7 Å². The fourth-order valence-electron chi connectivity index (χ4n) is 1.47. The Bertz CT molecular complexity index is 608. The van der Waals surface area contributed by atoms with E-state index in [0.717, 1.165) is 0 Å². The summed E-state index contributed by atoms with van der Waals surface area (Å²) in [4.78, 5) is 22.9. The Morgan fingerprint density at radius 1 is 1.30 bits per heavy atom. The van der Waals surface area contributed by atoms with Gasteiger partial charge in [0.15, 0.2) is 0 Å². The second kappa shape index (κ2) is 9.78. The molecule has 0 radical (unpaired) electrons. The molecular formula is C15H17FN4O3. The molecule has 0 aliphatic rings. The molecule has 0 aromatic heterocycles. The van der Waals surface area contributed by atoms with Crippen molar-refractivity contribution in [3.63, 3.8) is 0 Å². The number of alkyl carbamates (subject to hydrolysis) is 1. The van der Waals surface area contributed by atoms with Crippen LogP contribution in [0.2, 0.25) is 0 Å². The number of ether oxygens (including phenoxy) is 1. The summed E-state index contributed by atoms with van der Waals surface area (Å²) in [6, 6.07) is 6.93. The maximum atomic E-state index is 12.8. The van der Waals surface area contributed by atoms with Gasteiger partial charge in [0.2, 0.25) is 0 Å². The van der Waals surface area contributed by atoms with Gasteiger partial charge < -0.3 is 20.7 Å². The number of halogens is 1. The molecule has 0 atom stereocenters. The van der Waals surface area contributed by atoms with Crippen molar-refractivity contribution in [1.29, 1.82) is 5.26 Å². The van der Waals surface area contributed by atoms with E-state index in [1.807, 2.05) is 0 Å². The third-order valence-electron chi connectivity index (χ3n) is 2.53. The van der Waals surface area contributed by atoms with Crippen LogP contribution in [0, 0.1) is 17.1 Å². The third-order valence-corrected chi connectivity index (χ3v) is 2.53. The molecule has 0 bridgehead atoms. The monoisotopic (exact) mass is 320 g/mol. The van der Waals surface area contributed by atoms with E-state index >= 15 is 0 Å². The van der Waals surface area contributed by atoms with Gasteiger partial charge in [0, 0.05) is 25.0 Å². The summed E-state index contributed by atoms with van der Waals surface area (Å²) in [6.07, 6.45) is 0.707. The quantitative estimate of drug-likeness (QED) is 0.401. The van der Waals surface area contributed by atoms with Crippen LogP contribution in [0.1, 0.15) is 6.92 Å². The van der Waals surface area contributed by atoms with E-state index in [2.05, 4.69) is 20.7 Å². The van der Waals surface area contributed by atoms with E-state index in [9.17, 15) is 14.0 Å². The normalized spacial score (nSPS) is 10.4. The average Bonchev–Trinajstić information content (AvgIpc) is 2.53. The van der Waals surface area contributed by atoms with Crippen LogP contribution in [0.25, 0.3) is 0 Å². The lowest BCUT2D eigenvalue weighted by Crippen LogP contribution is -2.31. The Balaban J connectivity index is 2.42. The molecule has 1 aromatic rings. The highest BCUT2D eigenvalue weighted by molar-refractivity contribution is 6.06. The van der Waals surface area contributed by atoms with Gasteiger partial charge in [-0.15, -0.1) is 0 Å². The van der Waals surface area contributed by atoms with Crippen LogP contribution in [0.5, 0.6) is 0 Å². The summed E-state index contributed by atoms with van der Waals surface area (Å²) < 4.78 is 17.4. The number of hydrogen-bond donors (Lipinski definition) is 3. The van der Waals surface area contributed by atoms with E-state index < -0.39 is 17.8 Å². The van der Waals surface area contributed by atoms with Crippen molar-refractivity contribution in [2.24, 2.45) is 0 Å². The molecule has 122 valence electrons. The van der Waals surface area contributed by atoms with Gasteiger partial charge in [-0.05, 0) is 31.2 Å². The molecular weight excluding hydrogens is 303 g/mol. The Labute approximate surface area is 133 Å². The molecule has 0 fully saturated rings. The Morgan fingerprint density at radius 3 is 2.61 bits per heavy atom. The van der Waals surface area contributed by atoms with E-state index in [1.165, 1.54) is 30.5 Å². The van der Waals surface area contributed by atoms with Gasteiger partial charge in [0.25, 0.3) is 5.91 Å². The highest BCUT2D eigenvalue weighted by Crippen LogP contribution is 2.09. The molecule has 0 spiro atoms. The zero-order chi connectivity index (χ0) is 17.1. The van der Waals surface area contributed by atoms with Gasteiger partial charge in [-0.3, -0.25) is 4.79 Å². The maximum absolute atomic E-state index is 12.8. The van der Waals surface area contributed by atoms with Gasteiger partial charge in [0.05, 0.1) is 6.61 Å². The molecule has 0 saturated heterocycles. The van der Waals surface area contributed by atoms with Crippen LogP contribution in [0.15, 0.2) is 36.0 Å². The molecule has 0 unspecified atom stereocenters. The Kier molecular flexibility index (Phi) is 7.64. The highest BCUT2D eigenvalue weighted by atomic mass is 19.1. The summed E-state index contributed by atoms with van der Waals surface area (Å²) >= 11 is 0. The van der Waals surface area contributed by atoms with Crippen LogP contribution >= 0.6 is 0 Å². The molecule has 1 aromatic carbocycles. The van der Waals surface area contributed by atoms with Gasteiger partial charge in [-0.25, -0.2) is 9.18 Å². The molecule has 0 aliphatic carbocycles. The Hall–Kier alpha value is -3.08. The van der Waals surface area contributed by atoms with E-state index in [4.69, 9.17) is 5.26 Å². The fraction of sp³-hybridized carbons (Fsp3) is 0.267. The molecule has 0 heterocycles. The van der Waals surface area contributed by atoms with Crippen molar-refractivity contribution in [3.8, 4) is 6.07 Å². The minimum atomic E-state index is -0.620. The van der Waals surface area contributed by atoms with Crippen molar-refractivity contribution in [1.82, 2.24) is 10.6 Å². The predicted molar refractivity (Wildman–Crippen MR) is 81.8 cm³/mol. The predicted octanol–water partition coefficient (Wildman–Crippen LogP) is 1.51. The number of nitrogens with one attached hydrogen (secondary N) is 3. The topological polar surface area (TPSA) is 103 Å². The number of anilines is 1. The van der Waals surface area contributed by atoms with Gasteiger partial charge in [0.1, 0.15) is 17.5 Å². The minimum Gasteiger partial charge on any atom is -0.450 e. The third kappa shape index (κ3) is 6.95. The number of nitrogens with zero attached hydrogens (tertiary/aromatic N) is 1. The largest absolute Gasteiger partial charge is 0.450 e. The smallest absolute Gasteiger partial charge is 0.407 e. The van der Waals surface area contributed by atoms with E-state index in [1.54, 1.807) is 13.0 Å². The van der Waals surface area contributed by atoms with Crippen LogP contribution in [-0.4, -0.2) is 31.7 Å². The van der Waals surface area contributed by atoms with E-state index in [0.29, 0.717) is 12.2 Å². The summed E-state index contributed by atoms with van der Waals surface area (Å²) in [5.41, 5.74) is 0.229. The molecule has 7 nitrogen and oxygen atoms in total. The number of benzene rings is 1. The summed E-state index contributed by atoms with van der Waals surface area (Å²) in [5.74, 6) is -1.04. The SMILES string of the molecule is CCOC(=O)NCCN/C=C(/C#N)C(=O)Nc1ccc(F)cc1. The summed E-state index contributed by atoms with van der Waals surface area (Å²) in [6.45, 7) is 2.56. The van der Waals surface area contributed by atoms with Crippen LogP contribution in [-0.2, 0) is 9.53 Å². The van der Waals surface area contributed by atoms with Crippen LogP contribution in [0.3, 0.4) is 0 Å². The zero-order valence-electron chi connectivity index (χ0n) is 12.6. The first-order valence-corrected chi connectivity index (χ1v) is 6.88. The fourth-order valence-corrected chi connectivity index (χ4v) is 1.47. The van der Waals surface area contributed by atoms with Crippen molar-refractivity contribution in [2.75, 3.05) is 25.0 Å². The van der Waals surface area contributed by atoms with Crippen molar-refractivity contribution in [3.05, 3.63) is 41.9 Å². The molecule has 8 heteroatoms. The lowest BCUT2D eigenvalue weighted by molar-refractivity contribution is -0.112. The highest BCUT2D eigenvalue weighted by Gasteiger charge is 2.09. The first-order valence-electron chi connectivity index (χ1n) is 6.88. The van der Waals surface area contributed by atoms with Crippen LogP contribution in [0.4, 0.5) is 14.9 Å². The number of amides is 2. The maximum Gasteiger partial charge on any atom is 0.407 e. The van der Waals surface area contributed by atoms with Crippen LogP contribution < -0.4 is 16.0 Å². The number of nitriles is 1. The standard InChI is InChI=1S/C15H17FN4O3/c1-2-23-15(22)19-8-7-18-10-11(9-17)14(21)20-13-5-3-12(16)4-6-13/h3-6,10,18H,2,7-8H2,1H3,(H,19,22)(H,20,21)/b11-10-. The number of hydrogen-bond acceptors (Lipinski definition) is 5. The molecule has 3 N–H and O–H groups in total. The van der Waals surface area contributed by atoms with Gasteiger partial charge >= 0.3 is 6.09 Å². The Morgan fingerprint density at radius 2 is 2.00 bits per heavy atom. The van der Waals surface area contributed by atoms with Crippen molar-refractivity contribution < 1.29 is 18.7 Å². The molecule has 23 heavy (non-hydrogen) atoms. The summed E-state index contributed by atoms with van der Waals surface area (Å²) in [7, 11) is 0. The van der Waals surface area contributed by atoms with Gasteiger partial charge in [-0.2, -0.15) is 5.26 Å². The lowest BCUT2D eigenvalue weighted by Gasteiger charge is -2.06. The molecule has 0 aliphatic heterocycles. The average molecular weight is 320 g/mol. The number of carbonyl (C=O) groups is 2. The first kappa shape index (κ1) is 18.0. The first-order chi connectivity index (χ1) is 11.1. The minimum absolute atomic E-state index is 0.148. The van der Waals surface area contributed by atoms with Crippen molar-refractivity contribution in [2.45, 2.75) is 6.92 Å². The molecule has 2 amide bonds. The summed E-state index contributed by atoms with van der Waals surface area (Å²) in [5, 5.41) is 16.6. The number of carbonyl (C=O) groups excluding carboxylic acids is 2. The zero-order valence-corrected chi connectivity index (χ0v) is 12.6.